The Balaban J connectivity index is 2.32. The summed E-state index contributed by atoms with van der Waals surface area (Å²) >= 11 is 0. The van der Waals surface area contributed by atoms with Crippen LogP contribution >= 0.6 is 0 Å². The molecule has 2 aromatic rings. The zero-order valence-electron chi connectivity index (χ0n) is 11.8. The Bertz CT molecular complexity index is 691. The summed E-state index contributed by atoms with van der Waals surface area (Å²) in [6.45, 7) is 2.02. The van der Waals surface area contributed by atoms with Crippen molar-refractivity contribution in [2.24, 2.45) is 0 Å². The van der Waals surface area contributed by atoms with Crippen LogP contribution in [0.25, 0.3) is 6.08 Å². The third kappa shape index (κ3) is 3.49. The Labute approximate surface area is 125 Å². The minimum Gasteiger partial charge on any atom is -0.501 e. The maximum Gasteiger partial charge on any atom is 0.357 e. The van der Waals surface area contributed by atoms with E-state index >= 15 is 0 Å². The molecule has 116 valence electrons. The maximum atomic E-state index is 13.6. The number of nitrogens with zero attached hydrogens (tertiary/aromatic N) is 2. The van der Waals surface area contributed by atoms with E-state index in [2.05, 4.69) is 5.10 Å². The number of carbonyl (C=O) groups is 1. The molecule has 0 unspecified atom stereocenters. The molecule has 0 aliphatic rings. The van der Waals surface area contributed by atoms with Gasteiger partial charge in [-0.25, -0.2) is 13.6 Å². The van der Waals surface area contributed by atoms with E-state index in [4.69, 9.17) is 9.84 Å². The molecule has 1 heterocycles. The molecular formula is C15H14F2N2O3. The van der Waals surface area contributed by atoms with Gasteiger partial charge in [-0.3, -0.25) is 4.68 Å². The summed E-state index contributed by atoms with van der Waals surface area (Å²) in [5, 5.41) is 13.0. The van der Waals surface area contributed by atoms with Gasteiger partial charge in [0.05, 0.1) is 19.4 Å². The molecule has 22 heavy (non-hydrogen) atoms. The molecule has 0 radical (unpaired) electrons. The molecule has 0 fully saturated rings. The van der Waals surface area contributed by atoms with Crippen molar-refractivity contribution in [3.63, 3.8) is 0 Å². The van der Waals surface area contributed by atoms with E-state index in [9.17, 15) is 13.6 Å². The lowest BCUT2D eigenvalue weighted by Crippen LogP contribution is -2.07. The van der Waals surface area contributed by atoms with Crippen LogP contribution < -0.4 is 0 Å². The highest BCUT2D eigenvalue weighted by molar-refractivity contribution is 5.89. The average molecular weight is 308 g/mol. The van der Waals surface area contributed by atoms with Crippen molar-refractivity contribution in [1.82, 2.24) is 9.78 Å². The van der Waals surface area contributed by atoms with Crippen LogP contribution in [0.5, 0.6) is 0 Å². The highest BCUT2D eigenvalue weighted by Crippen LogP contribution is 2.16. The molecule has 0 saturated heterocycles. The van der Waals surface area contributed by atoms with Crippen molar-refractivity contribution >= 4 is 12.0 Å². The second kappa shape index (κ2) is 6.84. The number of halogens is 2. The maximum absolute atomic E-state index is 13.6. The lowest BCUT2D eigenvalue weighted by Gasteiger charge is -2.04. The molecule has 2 rings (SSSR count). The van der Waals surface area contributed by atoms with Crippen LogP contribution in [0.1, 0.15) is 28.5 Å². The first-order valence-electron chi connectivity index (χ1n) is 6.54. The van der Waals surface area contributed by atoms with Crippen LogP contribution in [-0.4, -0.2) is 27.5 Å². The average Bonchev–Trinajstić information content (AvgIpc) is 2.87. The van der Waals surface area contributed by atoms with E-state index < -0.39 is 17.6 Å². The van der Waals surface area contributed by atoms with Gasteiger partial charge in [0.25, 0.3) is 0 Å². The van der Waals surface area contributed by atoms with Gasteiger partial charge in [0, 0.05) is 17.3 Å². The lowest BCUT2D eigenvalue weighted by atomic mass is 10.2. The van der Waals surface area contributed by atoms with Crippen molar-refractivity contribution < 1.29 is 23.4 Å². The Kier molecular flexibility index (Phi) is 4.88. The van der Waals surface area contributed by atoms with Gasteiger partial charge in [-0.1, -0.05) is 6.07 Å². The normalized spacial score (nSPS) is 11.0. The molecule has 1 aromatic carbocycles. The molecule has 0 saturated carbocycles. The number of aromatic carboxylic acids is 1. The van der Waals surface area contributed by atoms with Crippen LogP contribution in [0.4, 0.5) is 8.78 Å². The van der Waals surface area contributed by atoms with E-state index in [1.165, 1.54) is 29.3 Å². The molecule has 5 nitrogen and oxygen atoms in total. The Morgan fingerprint density at radius 1 is 1.41 bits per heavy atom. The predicted octanol–water partition coefficient (Wildman–Crippen LogP) is 2.92. The largest absolute Gasteiger partial charge is 0.501 e. The van der Waals surface area contributed by atoms with Crippen LogP contribution in [0.2, 0.25) is 0 Å². The number of benzene rings is 1. The summed E-state index contributed by atoms with van der Waals surface area (Å²) in [6.07, 6.45) is 4.18. The second-order valence-corrected chi connectivity index (χ2v) is 4.39. The number of ether oxygens (including phenoxy) is 1. The quantitative estimate of drug-likeness (QED) is 0.833. The van der Waals surface area contributed by atoms with Gasteiger partial charge in [0.1, 0.15) is 11.6 Å². The van der Waals surface area contributed by atoms with Crippen molar-refractivity contribution in [3.8, 4) is 0 Å². The van der Waals surface area contributed by atoms with E-state index in [1.54, 1.807) is 6.92 Å². The summed E-state index contributed by atoms with van der Waals surface area (Å²) in [5.74, 6) is -2.65. The monoisotopic (exact) mass is 308 g/mol. The van der Waals surface area contributed by atoms with Gasteiger partial charge >= 0.3 is 5.97 Å². The Morgan fingerprint density at radius 3 is 2.68 bits per heavy atom. The molecule has 0 amide bonds. The van der Waals surface area contributed by atoms with Crippen LogP contribution in [0.3, 0.4) is 0 Å². The van der Waals surface area contributed by atoms with Crippen LogP contribution in [-0.2, 0) is 11.3 Å². The van der Waals surface area contributed by atoms with E-state index in [0.29, 0.717) is 6.61 Å². The number of carboxylic acid groups (broad SMARTS) is 1. The van der Waals surface area contributed by atoms with Gasteiger partial charge < -0.3 is 9.84 Å². The number of hydrogen-bond acceptors (Lipinski definition) is 3. The smallest absolute Gasteiger partial charge is 0.357 e. The first-order valence-corrected chi connectivity index (χ1v) is 6.54. The van der Waals surface area contributed by atoms with Gasteiger partial charge in [0.15, 0.2) is 5.69 Å². The molecule has 7 heteroatoms. The summed E-state index contributed by atoms with van der Waals surface area (Å²) in [7, 11) is 0. The van der Waals surface area contributed by atoms with Crippen LogP contribution in [0.15, 0.2) is 30.7 Å². The van der Waals surface area contributed by atoms with Crippen molar-refractivity contribution in [2.75, 3.05) is 6.61 Å². The summed E-state index contributed by atoms with van der Waals surface area (Å²) in [6, 6.07) is 3.53. The number of aromatic nitrogens is 2. The molecule has 0 atom stereocenters. The van der Waals surface area contributed by atoms with Crippen molar-refractivity contribution in [3.05, 3.63) is 59.1 Å². The Hall–Kier alpha value is -2.70. The van der Waals surface area contributed by atoms with Gasteiger partial charge in [-0.15, -0.1) is 0 Å². The minimum absolute atomic E-state index is 0.178. The van der Waals surface area contributed by atoms with E-state index in [0.717, 1.165) is 12.1 Å². The van der Waals surface area contributed by atoms with Gasteiger partial charge in [-0.05, 0) is 25.1 Å². The SMILES string of the molecule is CCOC=Cc1cn(Cc2c(F)cccc2F)nc1C(=O)O. The second-order valence-electron chi connectivity index (χ2n) is 4.39. The summed E-state index contributed by atoms with van der Waals surface area (Å²) < 4.78 is 33.4. The molecule has 1 aromatic heterocycles. The fourth-order valence-corrected chi connectivity index (χ4v) is 1.87. The summed E-state index contributed by atoms with van der Waals surface area (Å²) in [4.78, 5) is 11.2. The molecule has 0 spiro atoms. The first kappa shape index (κ1) is 15.7. The molecule has 0 aliphatic carbocycles. The fourth-order valence-electron chi connectivity index (χ4n) is 1.87. The highest BCUT2D eigenvalue weighted by atomic mass is 19.1. The Morgan fingerprint density at radius 2 is 2.09 bits per heavy atom. The van der Waals surface area contributed by atoms with E-state index in [1.807, 2.05) is 0 Å². The number of carboxylic acids is 1. The molecular weight excluding hydrogens is 294 g/mol. The third-order valence-electron chi connectivity index (χ3n) is 2.88. The minimum atomic E-state index is -1.23. The highest BCUT2D eigenvalue weighted by Gasteiger charge is 2.16. The number of hydrogen-bond donors (Lipinski definition) is 1. The molecule has 0 aliphatic heterocycles. The zero-order valence-corrected chi connectivity index (χ0v) is 11.8. The standard InChI is InChI=1S/C15H14F2N2O3/c1-2-22-7-6-10-8-19(18-14(10)15(20)21)9-11-12(16)4-3-5-13(11)17/h3-8H,2,9H2,1H3,(H,20,21). The van der Waals surface area contributed by atoms with Gasteiger partial charge in [-0.2, -0.15) is 5.10 Å². The van der Waals surface area contributed by atoms with Crippen LogP contribution in [0, 0.1) is 11.6 Å². The van der Waals surface area contributed by atoms with Crippen molar-refractivity contribution in [2.45, 2.75) is 13.5 Å². The third-order valence-corrected chi connectivity index (χ3v) is 2.88. The lowest BCUT2D eigenvalue weighted by molar-refractivity contribution is 0.0689. The molecule has 0 bridgehead atoms. The fraction of sp³-hybridized carbons (Fsp3) is 0.200. The van der Waals surface area contributed by atoms with E-state index in [-0.39, 0.29) is 23.4 Å². The van der Waals surface area contributed by atoms with Crippen molar-refractivity contribution in [1.29, 1.82) is 0 Å². The topological polar surface area (TPSA) is 64.4 Å². The zero-order chi connectivity index (χ0) is 16.1. The first-order chi connectivity index (χ1) is 10.5. The predicted molar refractivity (Wildman–Crippen MR) is 75.3 cm³/mol. The molecule has 1 N–H and O–H groups in total. The number of rotatable bonds is 6. The van der Waals surface area contributed by atoms with Gasteiger partial charge in [0.2, 0.25) is 0 Å². The summed E-state index contributed by atoms with van der Waals surface area (Å²) in [5.41, 5.74) is -0.104.